The third-order valence-corrected chi connectivity index (χ3v) is 6.07. The molecule has 31 heavy (non-hydrogen) atoms. The number of anilines is 1. The van der Waals surface area contributed by atoms with Crippen molar-refractivity contribution in [3.05, 3.63) is 30.6 Å². The zero-order valence-corrected chi connectivity index (χ0v) is 18.2. The zero-order valence-electron chi connectivity index (χ0n) is 18.2. The predicted octanol–water partition coefficient (Wildman–Crippen LogP) is 1.98. The molecule has 2 aromatic rings. The Labute approximate surface area is 182 Å². The number of carbonyl (C=O) groups excluding carboxylic acids is 1. The summed E-state index contributed by atoms with van der Waals surface area (Å²) in [6.45, 7) is 1.32. The van der Waals surface area contributed by atoms with Gasteiger partial charge in [-0.2, -0.15) is 0 Å². The van der Waals surface area contributed by atoms with Crippen LogP contribution < -0.4 is 4.90 Å². The highest BCUT2D eigenvalue weighted by Crippen LogP contribution is 2.34. The number of amides is 1. The molecule has 2 aliphatic rings. The van der Waals surface area contributed by atoms with Gasteiger partial charge in [-0.3, -0.25) is 4.79 Å². The molecule has 166 valence electrons. The van der Waals surface area contributed by atoms with Gasteiger partial charge in [0.05, 0.1) is 30.9 Å². The maximum atomic E-state index is 13.0. The molecule has 1 amide bonds. The average molecular weight is 427 g/mol. The molecule has 0 radical (unpaired) electrons. The molecule has 3 heterocycles. The van der Waals surface area contributed by atoms with Gasteiger partial charge in [0.25, 0.3) is 0 Å². The number of hydrogen-bond donors (Lipinski definition) is 1. The molecule has 4 rings (SSSR count). The van der Waals surface area contributed by atoms with Crippen LogP contribution in [-0.4, -0.2) is 75.2 Å². The first-order valence-electron chi connectivity index (χ1n) is 10.9. The monoisotopic (exact) mass is 426 g/mol. The Bertz CT molecular complexity index is 901. The smallest absolute Gasteiger partial charge is 0.225 e. The molecule has 9 heteroatoms. The van der Waals surface area contributed by atoms with Crippen molar-refractivity contribution in [1.29, 1.82) is 0 Å². The summed E-state index contributed by atoms with van der Waals surface area (Å²) in [5, 5.41) is 10.8. The van der Waals surface area contributed by atoms with Gasteiger partial charge in [-0.15, -0.1) is 0 Å². The molecule has 1 N–H and O–H groups in total. The number of ether oxygens (including phenoxy) is 1. The van der Waals surface area contributed by atoms with Gasteiger partial charge in [0, 0.05) is 50.4 Å². The number of nitrogens with zero attached hydrogens (tertiary/aromatic N) is 6. The summed E-state index contributed by atoms with van der Waals surface area (Å²) in [6.07, 6.45) is 10.9. The van der Waals surface area contributed by atoms with E-state index in [0.29, 0.717) is 44.2 Å². The van der Waals surface area contributed by atoms with Crippen molar-refractivity contribution >= 4 is 11.9 Å². The molecule has 1 saturated heterocycles. The van der Waals surface area contributed by atoms with E-state index in [1.165, 1.54) is 6.33 Å². The van der Waals surface area contributed by atoms with Crippen LogP contribution in [0, 0.1) is 0 Å². The maximum absolute atomic E-state index is 13.0. The predicted molar refractivity (Wildman–Crippen MR) is 115 cm³/mol. The fourth-order valence-corrected chi connectivity index (χ4v) is 4.33. The topological polar surface area (TPSA) is 105 Å². The summed E-state index contributed by atoms with van der Waals surface area (Å²) >= 11 is 0. The van der Waals surface area contributed by atoms with Crippen molar-refractivity contribution in [3.8, 4) is 11.1 Å². The minimum Gasteiger partial charge on any atom is -0.389 e. The van der Waals surface area contributed by atoms with Gasteiger partial charge in [0.15, 0.2) is 0 Å². The maximum Gasteiger partial charge on any atom is 0.225 e. The fraction of sp³-hybridized carbons (Fsp3) is 0.591. The van der Waals surface area contributed by atoms with Crippen LogP contribution in [0.1, 0.15) is 50.3 Å². The van der Waals surface area contributed by atoms with Gasteiger partial charge in [0.1, 0.15) is 12.4 Å². The standard InChI is InChI=1S/C22H30N6O3/c1-27(2)21-25-13-17(16-11-23-15-24-12-16)20(26-21)18-14-28(8-9-31-18)19(29)10-22(30)6-4-3-5-7-22/h11-13,15,18,30H,3-10,14H2,1-2H3/t18-/m1/s1. The van der Waals surface area contributed by atoms with Crippen LogP contribution in [0.25, 0.3) is 11.1 Å². The number of aliphatic hydroxyl groups is 1. The number of aromatic nitrogens is 4. The molecule has 1 aliphatic heterocycles. The van der Waals surface area contributed by atoms with Crippen LogP contribution in [0.5, 0.6) is 0 Å². The summed E-state index contributed by atoms with van der Waals surface area (Å²) in [6, 6.07) is 0. The lowest BCUT2D eigenvalue weighted by Crippen LogP contribution is -2.46. The molecule has 2 aromatic heterocycles. The number of morpholine rings is 1. The molecular weight excluding hydrogens is 396 g/mol. The Morgan fingerprint density at radius 1 is 1.23 bits per heavy atom. The fourth-order valence-electron chi connectivity index (χ4n) is 4.33. The Morgan fingerprint density at radius 2 is 1.97 bits per heavy atom. The summed E-state index contributed by atoms with van der Waals surface area (Å²) in [5.74, 6) is 0.545. The van der Waals surface area contributed by atoms with Crippen molar-refractivity contribution in [1.82, 2.24) is 24.8 Å². The summed E-state index contributed by atoms with van der Waals surface area (Å²) in [4.78, 5) is 34.1. The average Bonchev–Trinajstić information content (AvgIpc) is 2.79. The van der Waals surface area contributed by atoms with E-state index >= 15 is 0 Å². The molecule has 9 nitrogen and oxygen atoms in total. The highest BCUT2D eigenvalue weighted by atomic mass is 16.5. The van der Waals surface area contributed by atoms with Gasteiger partial charge >= 0.3 is 0 Å². The summed E-state index contributed by atoms with van der Waals surface area (Å²) in [5.41, 5.74) is 1.42. The van der Waals surface area contributed by atoms with E-state index in [9.17, 15) is 9.90 Å². The zero-order chi connectivity index (χ0) is 21.8. The first-order valence-corrected chi connectivity index (χ1v) is 10.9. The van der Waals surface area contributed by atoms with E-state index in [4.69, 9.17) is 9.72 Å². The van der Waals surface area contributed by atoms with Crippen molar-refractivity contribution in [2.75, 3.05) is 38.7 Å². The molecule has 1 atom stereocenters. The van der Waals surface area contributed by atoms with Gasteiger partial charge in [-0.25, -0.2) is 19.9 Å². The van der Waals surface area contributed by atoms with Crippen LogP contribution in [0.2, 0.25) is 0 Å². The summed E-state index contributed by atoms with van der Waals surface area (Å²) < 4.78 is 6.05. The molecule has 0 unspecified atom stereocenters. The molecule has 1 saturated carbocycles. The second kappa shape index (κ2) is 9.23. The lowest BCUT2D eigenvalue weighted by atomic mass is 9.82. The molecule has 0 bridgehead atoms. The van der Waals surface area contributed by atoms with Crippen LogP contribution in [-0.2, 0) is 9.53 Å². The number of carbonyl (C=O) groups is 1. The van der Waals surface area contributed by atoms with E-state index in [1.54, 1.807) is 23.5 Å². The van der Waals surface area contributed by atoms with E-state index in [0.717, 1.165) is 30.4 Å². The largest absolute Gasteiger partial charge is 0.389 e. The highest BCUT2D eigenvalue weighted by molar-refractivity contribution is 5.77. The van der Waals surface area contributed by atoms with E-state index in [2.05, 4.69) is 15.0 Å². The highest BCUT2D eigenvalue weighted by Gasteiger charge is 2.36. The molecular formula is C22H30N6O3. The Kier molecular flexibility index (Phi) is 6.43. The van der Waals surface area contributed by atoms with E-state index < -0.39 is 11.7 Å². The second-order valence-corrected chi connectivity index (χ2v) is 8.65. The number of rotatable bonds is 5. The third-order valence-electron chi connectivity index (χ3n) is 6.07. The Morgan fingerprint density at radius 3 is 2.68 bits per heavy atom. The first kappa shape index (κ1) is 21.6. The van der Waals surface area contributed by atoms with Gasteiger partial charge in [-0.1, -0.05) is 19.3 Å². The van der Waals surface area contributed by atoms with Crippen molar-refractivity contribution in [3.63, 3.8) is 0 Å². The van der Waals surface area contributed by atoms with Crippen LogP contribution in [0.3, 0.4) is 0 Å². The van der Waals surface area contributed by atoms with Gasteiger partial charge in [-0.05, 0) is 12.8 Å². The number of hydrogen-bond acceptors (Lipinski definition) is 8. The van der Waals surface area contributed by atoms with Crippen molar-refractivity contribution in [2.24, 2.45) is 0 Å². The van der Waals surface area contributed by atoms with Crippen molar-refractivity contribution in [2.45, 2.75) is 50.2 Å². The normalized spacial score (nSPS) is 21.0. The quantitative estimate of drug-likeness (QED) is 0.774. The van der Waals surface area contributed by atoms with E-state index in [-0.39, 0.29) is 12.3 Å². The van der Waals surface area contributed by atoms with Crippen LogP contribution >= 0.6 is 0 Å². The van der Waals surface area contributed by atoms with Crippen LogP contribution in [0.4, 0.5) is 5.95 Å². The van der Waals surface area contributed by atoms with Gasteiger partial charge < -0.3 is 19.6 Å². The van der Waals surface area contributed by atoms with Crippen LogP contribution in [0.15, 0.2) is 24.9 Å². The molecule has 0 spiro atoms. The Hall–Kier alpha value is -2.65. The minimum absolute atomic E-state index is 0.0239. The molecule has 2 fully saturated rings. The SMILES string of the molecule is CN(C)c1ncc(-c2cncnc2)c([C@H]2CN(C(=O)CC3(O)CCCCC3)CCO2)n1. The van der Waals surface area contributed by atoms with Gasteiger partial charge in [0.2, 0.25) is 11.9 Å². The Balaban J connectivity index is 1.57. The third kappa shape index (κ3) is 4.99. The molecule has 0 aromatic carbocycles. The molecule has 1 aliphatic carbocycles. The lowest BCUT2D eigenvalue weighted by Gasteiger charge is -2.37. The van der Waals surface area contributed by atoms with Crippen molar-refractivity contribution < 1.29 is 14.6 Å². The van der Waals surface area contributed by atoms with E-state index in [1.807, 2.05) is 19.0 Å². The summed E-state index contributed by atoms with van der Waals surface area (Å²) in [7, 11) is 3.76. The lowest BCUT2D eigenvalue weighted by molar-refractivity contribution is -0.145. The second-order valence-electron chi connectivity index (χ2n) is 8.65. The minimum atomic E-state index is -0.872. The first-order chi connectivity index (χ1) is 15.0.